The molecule has 0 aliphatic heterocycles. The molecule has 0 saturated heterocycles. The van der Waals surface area contributed by atoms with Crippen LogP contribution in [0.15, 0.2) is 36.9 Å². The fourth-order valence-electron chi connectivity index (χ4n) is 2.29. The third kappa shape index (κ3) is 4.46. The predicted octanol–water partition coefficient (Wildman–Crippen LogP) is 3.23. The topological polar surface area (TPSA) is 52.6 Å². The predicted molar refractivity (Wildman–Crippen MR) is 89.2 cm³/mol. The van der Waals surface area contributed by atoms with Crippen LogP contribution in [0.1, 0.15) is 32.3 Å². The molecule has 23 heavy (non-hydrogen) atoms. The molecule has 0 aliphatic carbocycles. The first-order valence-electron chi connectivity index (χ1n) is 7.53. The molecule has 0 saturated carbocycles. The molecule has 1 aromatic carbocycles. The molecule has 0 unspecified atom stereocenters. The van der Waals surface area contributed by atoms with Gasteiger partial charge in [0, 0.05) is 12.8 Å². The summed E-state index contributed by atoms with van der Waals surface area (Å²) in [5.74, 6) is 1.06. The molecule has 1 rings (SSSR count). The first-order valence-corrected chi connectivity index (χ1v) is 7.53. The average molecular weight is 314 g/mol. The molecule has 0 spiro atoms. The van der Waals surface area contributed by atoms with Gasteiger partial charge in [-0.15, -0.1) is 12.3 Å². The molecule has 0 atom stereocenters. The van der Waals surface area contributed by atoms with Gasteiger partial charge in [-0.25, -0.2) is 0 Å². The standard InChI is InChI=1S/C19H22O4/c1-5-13-19(17(20)22-6-2,18(21)23-7-3)14-15(4)16-11-9-8-10-12-16/h1,8-12H,4,6-7,13-14H2,2-3H3. The van der Waals surface area contributed by atoms with Crippen molar-refractivity contribution in [3.8, 4) is 12.3 Å². The lowest BCUT2D eigenvalue weighted by molar-refractivity contribution is -0.171. The van der Waals surface area contributed by atoms with Crippen molar-refractivity contribution in [3.05, 3.63) is 42.5 Å². The summed E-state index contributed by atoms with van der Waals surface area (Å²) in [6.45, 7) is 7.66. The molecule has 0 aliphatic rings. The molecule has 0 radical (unpaired) electrons. The summed E-state index contributed by atoms with van der Waals surface area (Å²) in [6.07, 6.45) is 5.36. The summed E-state index contributed by atoms with van der Waals surface area (Å²) in [5, 5.41) is 0. The van der Waals surface area contributed by atoms with Crippen LogP contribution in [0.25, 0.3) is 5.57 Å². The second-order valence-corrected chi connectivity index (χ2v) is 5.05. The number of esters is 2. The number of allylic oxidation sites excluding steroid dienone is 1. The van der Waals surface area contributed by atoms with Gasteiger partial charge < -0.3 is 9.47 Å². The normalized spacial score (nSPS) is 10.5. The minimum atomic E-state index is -1.56. The van der Waals surface area contributed by atoms with E-state index >= 15 is 0 Å². The van der Waals surface area contributed by atoms with E-state index in [1.54, 1.807) is 13.8 Å². The number of hydrogen-bond donors (Lipinski definition) is 0. The summed E-state index contributed by atoms with van der Waals surface area (Å²) in [7, 11) is 0. The highest BCUT2D eigenvalue weighted by atomic mass is 16.6. The van der Waals surface area contributed by atoms with Gasteiger partial charge in [0.1, 0.15) is 0 Å². The Bertz CT molecular complexity index is 578. The molecule has 0 bridgehead atoms. The van der Waals surface area contributed by atoms with Crippen LogP contribution < -0.4 is 0 Å². The molecule has 0 amide bonds. The number of carbonyl (C=O) groups excluding carboxylic acids is 2. The molecule has 0 fully saturated rings. The van der Waals surface area contributed by atoms with Gasteiger partial charge >= 0.3 is 11.9 Å². The van der Waals surface area contributed by atoms with E-state index in [2.05, 4.69) is 12.5 Å². The van der Waals surface area contributed by atoms with Crippen LogP contribution in [0.2, 0.25) is 0 Å². The molecule has 4 nitrogen and oxygen atoms in total. The Kier molecular flexibility index (Phi) is 7.08. The van der Waals surface area contributed by atoms with E-state index in [9.17, 15) is 9.59 Å². The van der Waals surface area contributed by atoms with Crippen LogP contribution in [0.5, 0.6) is 0 Å². The molecule has 0 heterocycles. The van der Waals surface area contributed by atoms with Crippen molar-refractivity contribution in [2.45, 2.75) is 26.7 Å². The Hall–Kier alpha value is -2.54. The fourth-order valence-corrected chi connectivity index (χ4v) is 2.29. The van der Waals surface area contributed by atoms with E-state index in [1.807, 2.05) is 30.3 Å². The third-order valence-electron chi connectivity index (χ3n) is 3.43. The molecular formula is C19H22O4. The Morgan fingerprint density at radius 1 is 1.13 bits per heavy atom. The third-order valence-corrected chi connectivity index (χ3v) is 3.43. The van der Waals surface area contributed by atoms with Crippen molar-refractivity contribution in [3.63, 3.8) is 0 Å². The van der Waals surface area contributed by atoms with Crippen molar-refractivity contribution >= 4 is 17.5 Å². The van der Waals surface area contributed by atoms with E-state index in [-0.39, 0.29) is 26.1 Å². The van der Waals surface area contributed by atoms with E-state index in [0.717, 1.165) is 5.56 Å². The number of benzene rings is 1. The monoisotopic (exact) mass is 314 g/mol. The van der Waals surface area contributed by atoms with Crippen LogP contribution >= 0.6 is 0 Å². The van der Waals surface area contributed by atoms with Crippen molar-refractivity contribution < 1.29 is 19.1 Å². The number of ether oxygens (including phenoxy) is 2. The summed E-state index contributed by atoms with van der Waals surface area (Å²) in [6, 6.07) is 9.32. The van der Waals surface area contributed by atoms with Crippen LogP contribution in [-0.4, -0.2) is 25.2 Å². The number of carbonyl (C=O) groups is 2. The van der Waals surface area contributed by atoms with E-state index in [1.165, 1.54) is 0 Å². The number of hydrogen-bond acceptors (Lipinski definition) is 4. The molecule has 1 aromatic rings. The van der Waals surface area contributed by atoms with Crippen molar-refractivity contribution in [1.29, 1.82) is 0 Å². The Labute approximate surface area is 137 Å². The van der Waals surface area contributed by atoms with Crippen molar-refractivity contribution in [2.24, 2.45) is 5.41 Å². The van der Waals surface area contributed by atoms with Crippen LogP contribution in [0.4, 0.5) is 0 Å². The zero-order valence-electron chi connectivity index (χ0n) is 13.6. The highest BCUT2D eigenvalue weighted by Crippen LogP contribution is 2.36. The van der Waals surface area contributed by atoms with Gasteiger partial charge in [0.2, 0.25) is 0 Å². The summed E-state index contributed by atoms with van der Waals surface area (Å²) in [5.41, 5.74) is -0.0994. The average Bonchev–Trinajstić information content (AvgIpc) is 2.55. The van der Waals surface area contributed by atoms with Gasteiger partial charge in [0.05, 0.1) is 13.2 Å². The fraction of sp³-hybridized carbons (Fsp3) is 0.368. The molecule has 4 heteroatoms. The first kappa shape index (κ1) is 18.5. The van der Waals surface area contributed by atoms with Crippen molar-refractivity contribution in [1.82, 2.24) is 0 Å². The Balaban J connectivity index is 3.20. The highest BCUT2D eigenvalue weighted by Gasteiger charge is 2.48. The maximum absolute atomic E-state index is 12.5. The zero-order valence-corrected chi connectivity index (χ0v) is 13.6. The first-order chi connectivity index (χ1) is 11.0. The van der Waals surface area contributed by atoms with Gasteiger partial charge in [0.15, 0.2) is 5.41 Å². The Morgan fingerprint density at radius 3 is 2.09 bits per heavy atom. The van der Waals surface area contributed by atoms with Gasteiger partial charge in [-0.3, -0.25) is 9.59 Å². The van der Waals surface area contributed by atoms with E-state index in [4.69, 9.17) is 15.9 Å². The molecule has 0 N–H and O–H groups in total. The van der Waals surface area contributed by atoms with Gasteiger partial charge in [-0.2, -0.15) is 0 Å². The van der Waals surface area contributed by atoms with E-state index < -0.39 is 17.4 Å². The highest BCUT2D eigenvalue weighted by molar-refractivity contribution is 6.02. The second kappa shape index (κ2) is 8.79. The van der Waals surface area contributed by atoms with E-state index in [0.29, 0.717) is 5.57 Å². The molecule has 122 valence electrons. The van der Waals surface area contributed by atoms with Crippen LogP contribution in [0, 0.1) is 17.8 Å². The van der Waals surface area contributed by atoms with Gasteiger partial charge in [-0.05, 0) is 25.0 Å². The maximum atomic E-state index is 12.5. The van der Waals surface area contributed by atoms with Crippen LogP contribution in [0.3, 0.4) is 0 Å². The SMILES string of the molecule is C#CCC(CC(=C)c1ccccc1)(C(=O)OCC)C(=O)OCC. The van der Waals surface area contributed by atoms with Gasteiger partial charge in [-0.1, -0.05) is 36.9 Å². The lowest BCUT2D eigenvalue weighted by Gasteiger charge is -2.28. The quantitative estimate of drug-likeness (QED) is 0.420. The molecule has 0 aromatic heterocycles. The zero-order chi connectivity index (χ0) is 17.3. The summed E-state index contributed by atoms with van der Waals surface area (Å²) in [4.78, 5) is 25.0. The lowest BCUT2D eigenvalue weighted by atomic mass is 9.77. The number of terminal acetylenes is 1. The Morgan fingerprint density at radius 2 is 1.65 bits per heavy atom. The summed E-state index contributed by atoms with van der Waals surface area (Å²) < 4.78 is 10.2. The minimum absolute atomic E-state index is 0.0544. The number of rotatable bonds is 8. The second-order valence-electron chi connectivity index (χ2n) is 5.05. The summed E-state index contributed by atoms with van der Waals surface area (Å²) >= 11 is 0. The van der Waals surface area contributed by atoms with Gasteiger partial charge in [0.25, 0.3) is 0 Å². The minimum Gasteiger partial charge on any atom is -0.465 e. The molecular weight excluding hydrogens is 292 g/mol. The smallest absolute Gasteiger partial charge is 0.324 e. The lowest BCUT2D eigenvalue weighted by Crippen LogP contribution is -2.42. The maximum Gasteiger partial charge on any atom is 0.324 e. The largest absolute Gasteiger partial charge is 0.465 e. The van der Waals surface area contributed by atoms with Crippen molar-refractivity contribution in [2.75, 3.05) is 13.2 Å². The van der Waals surface area contributed by atoms with Crippen LogP contribution in [-0.2, 0) is 19.1 Å².